The Morgan fingerprint density at radius 1 is 1.08 bits per heavy atom. The van der Waals surface area contributed by atoms with E-state index in [9.17, 15) is 4.79 Å². The first-order valence-electron chi connectivity index (χ1n) is 8.84. The molecule has 0 atom stereocenters. The SMILES string of the molecule is O=c1[nH]c2ncc(-c3cccc4ccccc34)nc2n1C1CCOCC1. The molecule has 1 aliphatic rings. The highest BCUT2D eigenvalue weighted by molar-refractivity contribution is 5.96. The Labute approximate surface area is 149 Å². The molecule has 0 unspecified atom stereocenters. The van der Waals surface area contributed by atoms with Crippen LogP contribution in [0.4, 0.5) is 0 Å². The molecule has 1 fully saturated rings. The summed E-state index contributed by atoms with van der Waals surface area (Å²) >= 11 is 0. The number of hydrogen-bond donors (Lipinski definition) is 1. The van der Waals surface area contributed by atoms with E-state index >= 15 is 0 Å². The van der Waals surface area contributed by atoms with Crippen molar-refractivity contribution in [1.29, 1.82) is 0 Å². The number of fused-ring (bicyclic) bond motifs is 2. The summed E-state index contributed by atoms with van der Waals surface area (Å²) < 4.78 is 7.18. The third-order valence-corrected chi connectivity index (χ3v) is 5.05. The molecule has 5 rings (SSSR count). The maximum Gasteiger partial charge on any atom is 0.329 e. The highest BCUT2D eigenvalue weighted by Crippen LogP contribution is 2.28. The summed E-state index contributed by atoms with van der Waals surface area (Å²) in [6, 6.07) is 14.5. The molecule has 1 aliphatic heterocycles. The largest absolute Gasteiger partial charge is 0.381 e. The van der Waals surface area contributed by atoms with Crippen LogP contribution in [0, 0.1) is 0 Å². The van der Waals surface area contributed by atoms with Crippen molar-refractivity contribution in [2.24, 2.45) is 0 Å². The van der Waals surface area contributed by atoms with E-state index in [4.69, 9.17) is 9.72 Å². The van der Waals surface area contributed by atoms with E-state index in [-0.39, 0.29) is 11.7 Å². The average Bonchev–Trinajstić information content (AvgIpc) is 3.03. The Morgan fingerprint density at radius 2 is 1.88 bits per heavy atom. The molecule has 3 heterocycles. The molecule has 0 spiro atoms. The summed E-state index contributed by atoms with van der Waals surface area (Å²) in [6.07, 6.45) is 3.36. The summed E-state index contributed by atoms with van der Waals surface area (Å²) in [5, 5.41) is 2.28. The third kappa shape index (κ3) is 2.42. The zero-order valence-electron chi connectivity index (χ0n) is 14.2. The van der Waals surface area contributed by atoms with Gasteiger partial charge in [0.05, 0.1) is 11.9 Å². The molecule has 2 aromatic heterocycles. The van der Waals surface area contributed by atoms with Crippen molar-refractivity contribution in [2.45, 2.75) is 18.9 Å². The number of aromatic nitrogens is 4. The van der Waals surface area contributed by atoms with Crippen LogP contribution in [0.15, 0.2) is 53.5 Å². The number of benzene rings is 2. The van der Waals surface area contributed by atoms with Crippen LogP contribution in [0.2, 0.25) is 0 Å². The van der Waals surface area contributed by atoms with E-state index in [2.05, 4.69) is 28.2 Å². The van der Waals surface area contributed by atoms with Crippen molar-refractivity contribution in [1.82, 2.24) is 19.5 Å². The molecule has 0 amide bonds. The van der Waals surface area contributed by atoms with Gasteiger partial charge in [-0.25, -0.2) is 14.8 Å². The standard InChI is InChI=1S/C20H18N4O2/c25-20-23-18-19(24(20)14-8-10-26-11-9-14)22-17(12-21-18)16-7-3-5-13-4-1-2-6-15(13)16/h1-7,12,14H,8-11H2,(H,21,23,25). The fraction of sp³-hybridized carbons (Fsp3) is 0.250. The van der Waals surface area contributed by atoms with Gasteiger partial charge in [0.2, 0.25) is 0 Å². The summed E-state index contributed by atoms with van der Waals surface area (Å²) in [5.74, 6) is 0. The average molecular weight is 346 g/mol. The molecule has 0 radical (unpaired) electrons. The number of imidazole rings is 1. The number of hydrogen-bond acceptors (Lipinski definition) is 4. The maximum absolute atomic E-state index is 12.5. The van der Waals surface area contributed by atoms with Gasteiger partial charge in [0, 0.05) is 24.8 Å². The predicted octanol–water partition coefficient (Wildman–Crippen LogP) is 3.29. The molecule has 0 saturated carbocycles. The third-order valence-electron chi connectivity index (χ3n) is 5.05. The number of nitrogens with one attached hydrogen (secondary N) is 1. The van der Waals surface area contributed by atoms with Crippen LogP contribution in [0.5, 0.6) is 0 Å². The van der Waals surface area contributed by atoms with E-state index in [1.54, 1.807) is 10.8 Å². The van der Waals surface area contributed by atoms with Crippen LogP contribution in [0.1, 0.15) is 18.9 Å². The first kappa shape index (κ1) is 15.3. The van der Waals surface area contributed by atoms with Gasteiger partial charge >= 0.3 is 5.69 Å². The van der Waals surface area contributed by atoms with Gasteiger partial charge in [-0.15, -0.1) is 0 Å². The molecular weight excluding hydrogens is 328 g/mol. The second-order valence-corrected chi connectivity index (χ2v) is 6.60. The Kier molecular flexibility index (Phi) is 3.57. The lowest BCUT2D eigenvalue weighted by Crippen LogP contribution is -2.27. The van der Waals surface area contributed by atoms with Crippen molar-refractivity contribution in [2.75, 3.05) is 13.2 Å². The molecular formula is C20H18N4O2. The van der Waals surface area contributed by atoms with Crippen molar-refractivity contribution >= 4 is 22.1 Å². The zero-order chi connectivity index (χ0) is 17.5. The monoisotopic (exact) mass is 346 g/mol. The second-order valence-electron chi connectivity index (χ2n) is 6.60. The molecule has 1 N–H and O–H groups in total. The van der Waals surface area contributed by atoms with E-state index in [0.29, 0.717) is 24.5 Å². The van der Waals surface area contributed by atoms with Crippen LogP contribution in [0.3, 0.4) is 0 Å². The first-order valence-corrected chi connectivity index (χ1v) is 8.84. The van der Waals surface area contributed by atoms with Crippen LogP contribution < -0.4 is 5.69 Å². The normalized spacial score (nSPS) is 15.7. The van der Waals surface area contributed by atoms with Crippen LogP contribution in [0.25, 0.3) is 33.3 Å². The van der Waals surface area contributed by atoms with Gasteiger partial charge in [-0.3, -0.25) is 9.55 Å². The van der Waals surface area contributed by atoms with Gasteiger partial charge in [0.25, 0.3) is 0 Å². The minimum atomic E-state index is -0.151. The number of rotatable bonds is 2. The maximum atomic E-state index is 12.5. The number of ether oxygens (including phenoxy) is 1. The molecule has 6 heteroatoms. The van der Waals surface area contributed by atoms with Gasteiger partial charge in [0.1, 0.15) is 0 Å². The molecule has 1 saturated heterocycles. The number of nitrogens with zero attached hydrogens (tertiary/aromatic N) is 3. The Hall–Kier alpha value is -2.99. The molecule has 26 heavy (non-hydrogen) atoms. The summed E-state index contributed by atoms with van der Waals surface area (Å²) in [4.78, 5) is 24.6. The predicted molar refractivity (Wildman–Crippen MR) is 100 cm³/mol. The van der Waals surface area contributed by atoms with Crippen molar-refractivity contribution in [3.8, 4) is 11.3 Å². The van der Waals surface area contributed by atoms with E-state index < -0.39 is 0 Å². The molecule has 0 bridgehead atoms. The Morgan fingerprint density at radius 3 is 2.77 bits per heavy atom. The quantitative estimate of drug-likeness (QED) is 0.604. The molecule has 6 nitrogen and oxygen atoms in total. The van der Waals surface area contributed by atoms with Crippen molar-refractivity contribution in [3.05, 3.63) is 59.1 Å². The van der Waals surface area contributed by atoms with Crippen molar-refractivity contribution in [3.63, 3.8) is 0 Å². The summed E-state index contributed by atoms with van der Waals surface area (Å²) in [6.45, 7) is 1.33. The van der Waals surface area contributed by atoms with E-state index in [1.807, 2.05) is 24.3 Å². The molecule has 130 valence electrons. The van der Waals surface area contributed by atoms with E-state index in [0.717, 1.165) is 34.9 Å². The molecule has 4 aromatic rings. The van der Waals surface area contributed by atoms with Crippen molar-refractivity contribution < 1.29 is 4.74 Å². The smallest absolute Gasteiger partial charge is 0.329 e. The Balaban J connectivity index is 1.71. The van der Waals surface area contributed by atoms with Gasteiger partial charge < -0.3 is 4.74 Å². The lowest BCUT2D eigenvalue weighted by molar-refractivity contribution is 0.0697. The highest BCUT2D eigenvalue weighted by atomic mass is 16.5. The number of aromatic amines is 1. The van der Waals surface area contributed by atoms with Crippen LogP contribution in [-0.4, -0.2) is 32.7 Å². The summed E-state index contributed by atoms with van der Waals surface area (Å²) in [5.41, 5.74) is 2.79. The topological polar surface area (TPSA) is 72.8 Å². The lowest BCUT2D eigenvalue weighted by atomic mass is 10.0. The zero-order valence-corrected chi connectivity index (χ0v) is 14.2. The summed E-state index contributed by atoms with van der Waals surface area (Å²) in [7, 11) is 0. The molecule has 2 aromatic carbocycles. The minimum absolute atomic E-state index is 0.0991. The number of H-pyrrole nitrogens is 1. The lowest BCUT2D eigenvalue weighted by Gasteiger charge is -2.22. The van der Waals surface area contributed by atoms with E-state index in [1.165, 1.54) is 0 Å². The Bertz CT molecular complexity index is 1150. The molecule has 0 aliphatic carbocycles. The van der Waals surface area contributed by atoms with Crippen LogP contribution >= 0.6 is 0 Å². The van der Waals surface area contributed by atoms with Crippen LogP contribution in [-0.2, 0) is 4.74 Å². The van der Waals surface area contributed by atoms with Gasteiger partial charge in [-0.2, -0.15) is 0 Å². The minimum Gasteiger partial charge on any atom is -0.381 e. The van der Waals surface area contributed by atoms with Gasteiger partial charge in [-0.1, -0.05) is 42.5 Å². The second kappa shape index (κ2) is 6.07. The fourth-order valence-electron chi connectivity index (χ4n) is 3.75. The fourth-order valence-corrected chi connectivity index (χ4v) is 3.75. The van der Waals surface area contributed by atoms with Gasteiger partial charge in [0.15, 0.2) is 11.3 Å². The highest BCUT2D eigenvalue weighted by Gasteiger charge is 2.22. The first-order chi connectivity index (χ1) is 12.8. The van der Waals surface area contributed by atoms with Gasteiger partial charge in [-0.05, 0) is 23.6 Å².